The highest BCUT2D eigenvalue weighted by atomic mass is 32.1. The number of allylic oxidation sites excluding steroid dienone is 1. The maximum absolute atomic E-state index is 14.2. The summed E-state index contributed by atoms with van der Waals surface area (Å²) in [5.74, 6) is 0.580. The zero-order valence-electron chi connectivity index (χ0n) is 25.8. The number of aromatic nitrogens is 2. The molecule has 0 unspecified atom stereocenters. The second-order valence-electron chi connectivity index (χ2n) is 10.9. The minimum absolute atomic E-state index is 0.0531. The van der Waals surface area contributed by atoms with Crippen LogP contribution in [0.4, 0.5) is 0 Å². The Balaban J connectivity index is 1.69. The van der Waals surface area contributed by atoms with Gasteiger partial charge in [0, 0.05) is 17.1 Å². The number of aryl methyl sites for hydroxylation is 2. The first-order valence-corrected chi connectivity index (χ1v) is 15.2. The van der Waals surface area contributed by atoms with Crippen molar-refractivity contribution in [2.24, 2.45) is 4.99 Å². The summed E-state index contributed by atoms with van der Waals surface area (Å²) in [6.07, 6.45) is 1.86. The molecule has 4 aromatic rings. The molecular formula is C34H37N3O5S. The number of rotatable bonds is 8. The number of methoxy groups -OCH3 is 1. The van der Waals surface area contributed by atoms with E-state index < -0.39 is 12.0 Å². The molecule has 43 heavy (non-hydrogen) atoms. The zero-order valence-corrected chi connectivity index (χ0v) is 26.7. The van der Waals surface area contributed by atoms with E-state index in [1.807, 2.05) is 38.1 Å². The number of ether oxygens (including phenoxy) is 3. The summed E-state index contributed by atoms with van der Waals surface area (Å²) < 4.78 is 21.3. The Morgan fingerprint density at radius 1 is 1.05 bits per heavy atom. The van der Waals surface area contributed by atoms with Crippen LogP contribution in [-0.2, 0) is 9.53 Å². The van der Waals surface area contributed by atoms with E-state index >= 15 is 0 Å². The number of esters is 1. The van der Waals surface area contributed by atoms with Gasteiger partial charge in [0.25, 0.3) is 5.56 Å². The molecule has 0 spiro atoms. The van der Waals surface area contributed by atoms with Crippen molar-refractivity contribution in [2.75, 3.05) is 13.7 Å². The number of hydrogen-bond acceptors (Lipinski definition) is 7. The quantitative estimate of drug-likeness (QED) is 0.257. The van der Waals surface area contributed by atoms with Gasteiger partial charge in [-0.15, -0.1) is 0 Å². The first kappa shape index (κ1) is 30.1. The highest BCUT2D eigenvalue weighted by Crippen LogP contribution is 2.36. The average molecular weight is 600 g/mol. The first-order chi connectivity index (χ1) is 20.5. The van der Waals surface area contributed by atoms with Crippen LogP contribution in [0.3, 0.4) is 0 Å². The Bertz CT molecular complexity index is 1910. The van der Waals surface area contributed by atoms with Crippen LogP contribution >= 0.6 is 11.3 Å². The van der Waals surface area contributed by atoms with Gasteiger partial charge in [-0.3, -0.25) is 9.36 Å². The van der Waals surface area contributed by atoms with Gasteiger partial charge in [-0.05, 0) is 96.0 Å². The largest absolute Gasteiger partial charge is 0.493 e. The third-order valence-electron chi connectivity index (χ3n) is 7.43. The van der Waals surface area contributed by atoms with Crippen LogP contribution in [0, 0.1) is 20.8 Å². The molecule has 1 atom stereocenters. The lowest BCUT2D eigenvalue weighted by atomic mass is 9.95. The van der Waals surface area contributed by atoms with Crippen LogP contribution < -0.4 is 24.4 Å². The number of fused-ring (bicyclic) bond motifs is 1. The van der Waals surface area contributed by atoms with Crippen LogP contribution in [0.25, 0.3) is 11.8 Å². The fourth-order valence-corrected chi connectivity index (χ4v) is 6.52. The van der Waals surface area contributed by atoms with Crippen LogP contribution in [0.5, 0.6) is 11.5 Å². The molecule has 3 heterocycles. The van der Waals surface area contributed by atoms with Gasteiger partial charge in [-0.25, -0.2) is 9.79 Å². The monoisotopic (exact) mass is 599 g/mol. The molecule has 1 aliphatic rings. The molecule has 8 nitrogen and oxygen atoms in total. The summed E-state index contributed by atoms with van der Waals surface area (Å²) in [7, 11) is 1.57. The summed E-state index contributed by atoms with van der Waals surface area (Å²) >= 11 is 1.31. The van der Waals surface area contributed by atoms with Crippen LogP contribution in [0.1, 0.15) is 61.8 Å². The molecule has 224 valence electrons. The van der Waals surface area contributed by atoms with E-state index in [9.17, 15) is 9.59 Å². The molecule has 0 aliphatic carbocycles. The fourth-order valence-electron chi connectivity index (χ4n) is 5.48. The number of thiazole rings is 1. The predicted molar refractivity (Wildman–Crippen MR) is 169 cm³/mol. The molecule has 0 radical (unpaired) electrons. The molecular weight excluding hydrogens is 562 g/mol. The molecule has 0 amide bonds. The lowest BCUT2D eigenvalue weighted by Crippen LogP contribution is -2.40. The van der Waals surface area contributed by atoms with Gasteiger partial charge in [0.2, 0.25) is 0 Å². The van der Waals surface area contributed by atoms with Crippen molar-refractivity contribution in [1.29, 1.82) is 0 Å². The Labute approximate surface area is 255 Å². The molecule has 0 bridgehead atoms. The molecule has 2 aromatic heterocycles. The highest BCUT2D eigenvalue weighted by Gasteiger charge is 2.34. The van der Waals surface area contributed by atoms with Crippen molar-refractivity contribution in [3.63, 3.8) is 0 Å². The van der Waals surface area contributed by atoms with Crippen molar-refractivity contribution < 1.29 is 19.0 Å². The highest BCUT2D eigenvalue weighted by molar-refractivity contribution is 7.07. The summed E-state index contributed by atoms with van der Waals surface area (Å²) in [5, 5.41) is 0. The number of benzene rings is 2. The van der Waals surface area contributed by atoms with Crippen LogP contribution in [0.15, 0.2) is 69.6 Å². The normalized spacial score (nSPS) is 15.0. The molecule has 5 rings (SSSR count). The smallest absolute Gasteiger partial charge is 0.338 e. The Morgan fingerprint density at radius 2 is 1.77 bits per heavy atom. The van der Waals surface area contributed by atoms with E-state index in [-0.39, 0.29) is 18.3 Å². The molecule has 0 saturated heterocycles. The molecule has 0 saturated carbocycles. The van der Waals surface area contributed by atoms with Crippen molar-refractivity contribution in [3.8, 4) is 17.2 Å². The average Bonchev–Trinajstić information content (AvgIpc) is 3.42. The van der Waals surface area contributed by atoms with Gasteiger partial charge in [0.15, 0.2) is 16.3 Å². The third-order valence-corrected chi connectivity index (χ3v) is 8.42. The molecule has 2 aromatic carbocycles. The van der Waals surface area contributed by atoms with Gasteiger partial charge in [0.05, 0.1) is 41.7 Å². The Hall–Kier alpha value is -4.37. The number of nitrogens with zero attached hydrogens (tertiary/aromatic N) is 3. The fraction of sp³-hybridized carbons (Fsp3) is 0.324. The summed E-state index contributed by atoms with van der Waals surface area (Å²) in [5.41, 5.74) is 6.58. The maximum atomic E-state index is 14.2. The molecule has 1 aliphatic heterocycles. The van der Waals surface area contributed by atoms with Crippen molar-refractivity contribution in [1.82, 2.24) is 9.13 Å². The Kier molecular flexibility index (Phi) is 8.46. The number of carbonyl (C=O) groups is 1. The summed E-state index contributed by atoms with van der Waals surface area (Å²) in [6.45, 7) is 13.8. The van der Waals surface area contributed by atoms with E-state index in [1.54, 1.807) is 25.5 Å². The van der Waals surface area contributed by atoms with E-state index in [4.69, 9.17) is 19.2 Å². The summed E-state index contributed by atoms with van der Waals surface area (Å²) in [6, 6.07) is 15.2. The summed E-state index contributed by atoms with van der Waals surface area (Å²) in [4.78, 5) is 32.7. The van der Waals surface area contributed by atoms with Crippen molar-refractivity contribution in [2.45, 2.75) is 60.6 Å². The Morgan fingerprint density at radius 3 is 2.42 bits per heavy atom. The minimum atomic E-state index is -0.751. The van der Waals surface area contributed by atoms with Gasteiger partial charge in [0.1, 0.15) is 0 Å². The lowest BCUT2D eigenvalue weighted by molar-refractivity contribution is -0.139. The minimum Gasteiger partial charge on any atom is -0.493 e. The zero-order chi connectivity index (χ0) is 31.0. The van der Waals surface area contributed by atoms with E-state index in [0.29, 0.717) is 37.7 Å². The lowest BCUT2D eigenvalue weighted by Gasteiger charge is -2.25. The van der Waals surface area contributed by atoms with E-state index in [2.05, 4.69) is 55.7 Å². The molecule has 0 N–H and O–H groups in total. The van der Waals surface area contributed by atoms with Crippen LogP contribution in [-0.4, -0.2) is 34.9 Å². The van der Waals surface area contributed by atoms with Crippen LogP contribution in [0.2, 0.25) is 0 Å². The van der Waals surface area contributed by atoms with Crippen molar-refractivity contribution in [3.05, 3.63) is 108 Å². The van der Waals surface area contributed by atoms with E-state index in [0.717, 1.165) is 22.6 Å². The second-order valence-corrected chi connectivity index (χ2v) is 11.9. The van der Waals surface area contributed by atoms with Gasteiger partial charge in [-0.2, -0.15) is 0 Å². The standard InChI is InChI=1S/C34H37N3O5S/c1-9-41-33(39)30-22(6)35-34-37(31(30)24-12-15-27(42-19(2)3)28(17-24)40-8)32(38)29(43-34)18-25-16-21(5)36(23(25)7)26-13-10-20(4)11-14-26/h10-19,31H,9H2,1-8H3/b29-18+/t31-/m1/s1. The second kappa shape index (κ2) is 12.1. The third kappa shape index (κ3) is 5.69. The van der Waals surface area contributed by atoms with E-state index in [1.165, 1.54) is 16.9 Å². The molecule has 9 heteroatoms. The topological polar surface area (TPSA) is 84.1 Å². The molecule has 0 fully saturated rings. The van der Waals surface area contributed by atoms with Gasteiger partial charge < -0.3 is 18.8 Å². The SMILES string of the molecule is CCOC(=O)C1=C(C)N=c2s/c(=C/c3cc(C)n(-c4ccc(C)cc4)c3C)c(=O)n2[C@@H]1c1ccc(OC(C)C)c(OC)c1. The number of carbonyl (C=O) groups excluding carboxylic acids is 1. The first-order valence-electron chi connectivity index (χ1n) is 14.3. The predicted octanol–water partition coefficient (Wildman–Crippen LogP) is 5.31. The number of hydrogen-bond donors (Lipinski definition) is 0. The van der Waals surface area contributed by atoms with Gasteiger partial charge in [-0.1, -0.05) is 35.1 Å². The van der Waals surface area contributed by atoms with Crippen molar-refractivity contribution >= 4 is 23.4 Å². The van der Waals surface area contributed by atoms with Gasteiger partial charge >= 0.3 is 5.97 Å². The maximum Gasteiger partial charge on any atom is 0.338 e.